The van der Waals surface area contributed by atoms with Crippen LogP contribution in [0.4, 0.5) is 0 Å². The molecule has 0 aliphatic carbocycles. The minimum atomic E-state index is -0.663. The van der Waals surface area contributed by atoms with Gasteiger partial charge in [-0.1, -0.05) is 0 Å². The Morgan fingerprint density at radius 2 is 2.00 bits per heavy atom. The van der Waals surface area contributed by atoms with Crippen molar-refractivity contribution in [2.75, 3.05) is 6.61 Å². The molecule has 1 atom stereocenters. The second kappa shape index (κ2) is 1.72. The lowest BCUT2D eigenvalue weighted by Gasteiger charge is -2.50. The molecule has 1 unspecified atom stereocenters. The van der Waals surface area contributed by atoms with Gasteiger partial charge in [-0.3, -0.25) is 4.79 Å². The van der Waals surface area contributed by atoms with Crippen LogP contribution in [0.25, 0.3) is 0 Å². The molecule has 1 saturated heterocycles. The third-order valence-electron chi connectivity index (χ3n) is 2.45. The highest BCUT2D eigenvalue weighted by molar-refractivity contribution is 5.83. The molecule has 0 radical (unpaired) electrons. The van der Waals surface area contributed by atoms with E-state index in [2.05, 4.69) is 0 Å². The van der Waals surface area contributed by atoms with Crippen LogP contribution in [-0.4, -0.2) is 23.3 Å². The number of hydrogen-bond acceptors (Lipinski definition) is 3. The minimum Gasteiger partial charge on any atom is -0.455 e. The molecule has 3 heteroatoms. The number of esters is 1. The minimum absolute atomic E-state index is 0.105. The van der Waals surface area contributed by atoms with Crippen molar-refractivity contribution in [3.63, 3.8) is 0 Å². The fourth-order valence-corrected chi connectivity index (χ4v) is 0.859. The van der Waals surface area contributed by atoms with Crippen LogP contribution in [-0.2, 0) is 9.53 Å². The number of cyclic esters (lactones) is 1. The van der Waals surface area contributed by atoms with Gasteiger partial charge in [-0.25, -0.2) is 0 Å². The monoisotopic (exact) mass is 144 g/mol. The van der Waals surface area contributed by atoms with E-state index in [1.807, 2.05) is 0 Å². The molecule has 1 N–H and O–H groups in total. The maximum Gasteiger partial charge on any atom is 0.316 e. The lowest BCUT2D eigenvalue weighted by atomic mass is 9.71. The van der Waals surface area contributed by atoms with Gasteiger partial charge in [0.2, 0.25) is 0 Å². The van der Waals surface area contributed by atoms with Crippen molar-refractivity contribution in [2.24, 2.45) is 5.41 Å². The molecule has 0 aromatic rings. The Balaban J connectivity index is 2.80. The van der Waals surface area contributed by atoms with Crippen molar-refractivity contribution in [3.8, 4) is 0 Å². The molecule has 1 rings (SSSR count). The molecule has 1 fully saturated rings. The van der Waals surface area contributed by atoms with Gasteiger partial charge >= 0.3 is 5.97 Å². The maximum atomic E-state index is 10.8. The predicted molar refractivity (Wildman–Crippen MR) is 35.4 cm³/mol. The van der Waals surface area contributed by atoms with Crippen LogP contribution in [0, 0.1) is 5.41 Å². The fraction of sp³-hybridized carbons (Fsp3) is 0.857. The molecule has 0 spiro atoms. The fourth-order valence-electron chi connectivity index (χ4n) is 0.859. The summed E-state index contributed by atoms with van der Waals surface area (Å²) >= 11 is 0. The Labute approximate surface area is 60.0 Å². The van der Waals surface area contributed by atoms with Crippen molar-refractivity contribution >= 4 is 5.97 Å². The van der Waals surface area contributed by atoms with E-state index in [9.17, 15) is 4.79 Å². The first-order chi connectivity index (χ1) is 4.44. The molecule has 10 heavy (non-hydrogen) atoms. The van der Waals surface area contributed by atoms with Crippen molar-refractivity contribution in [2.45, 2.75) is 26.4 Å². The Kier molecular flexibility index (Phi) is 1.30. The average molecular weight is 144 g/mol. The molecule has 0 aromatic carbocycles. The molecule has 58 valence electrons. The Morgan fingerprint density at radius 3 is 2.10 bits per heavy atom. The normalized spacial score (nSPS) is 36.6. The highest BCUT2D eigenvalue weighted by Crippen LogP contribution is 2.44. The summed E-state index contributed by atoms with van der Waals surface area (Å²) in [4.78, 5) is 10.8. The summed E-state index contributed by atoms with van der Waals surface area (Å²) in [6, 6.07) is 0. The first kappa shape index (κ1) is 7.54. The second-order valence-electron chi connectivity index (χ2n) is 3.40. The lowest BCUT2D eigenvalue weighted by Crippen LogP contribution is -2.64. The third-order valence-corrected chi connectivity index (χ3v) is 2.45. The van der Waals surface area contributed by atoms with Crippen LogP contribution in [0.3, 0.4) is 0 Å². The standard InChI is InChI=1S/C7H12O3/c1-6(2)5(9)10-7(6,3)4-8/h8H,4H2,1-3H3. The van der Waals surface area contributed by atoms with E-state index in [1.165, 1.54) is 0 Å². The van der Waals surface area contributed by atoms with Gasteiger partial charge in [0.15, 0.2) is 0 Å². The van der Waals surface area contributed by atoms with Crippen LogP contribution in [0.15, 0.2) is 0 Å². The van der Waals surface area contributed by atoms with Gasteiger partial charge in [0.1, 0.15) is 11.0 Å². The number of carbonyl (C=O) groups is 1. The van der Waals surface area contributed by atoms with Gasteiger partial charge in [-0.05, 0) is 20.8 Å². The summed E-state index contributed by atoms with van der Waals surface area (Å²) in [5, 5.41) is 8.82. The van der Waals surface area contributed by atoms with Gasteiger partial charge in [0.25, 0.3) is 0 Å². The van der Waals surface area contributed by atoms with Crippen molar-refractivity contribution in [1.29, 1.82) is 0 Å². The van der Waals surface area contributed by atoms with E-state index in [1.54, 1.807) is 20.8 Å². The first-order valence-corrected chi connectivity index (χ1v) is 3.28. The first-order valence-electron chi connectivity index (χ1n) is 3.28. The summed E-state index contributed by atoms with van der Waals surface area (Å²) in [5.41, 5.74) is -1.19. The number of aliphatic hydroxyl groups excluding tert-OH is 1. The molecule has 0 saturated carbocycles. The van der Waals surface area contributed by atoms with E-state index in [-0.39, 0.29) is 12.6 Å². The number of rotatable bonds is 1. The number of carbonyl (C=O) groups excluding carboxylic acids is 1. The van der Waals surface area contributed by atoms with Gasteiger partial charge in [0, 0.05) is 0 Å². The molecule has 1 aliphatic rings. The Morgan fingerprint density at radius 1 is 1.50 bits per heavy atom. The Bertz CT molecular complexity index is 174. The topological polar surface area (TPSA) is 46.5 Å². The third kappa shape index (κ3) is 0.611. The molecular weight excluding hydrogens is 132 g/mol. The van der Waals surface area contributed by atoms with Gasteiger partial charge in [-0.2, -0.15) is 0 Å². The highest BCUT2D eigenvalue weighted by Gasteiger charge is 2.59. The number of hydrogen-bond donors (Lipinski definition) is 1. The molecule has 1 heterocycles. The summed E-state index contributed by atoms with van der Waals surface area (Å²) in [7, 11) is 0. The largest absolute Gasteiger partial charge is 0.455 e. The van der Waals surface area contributed by atoms with Gasteiger partial charge in [-0.15, -0.1) is 0 Å². The summed E-state index contributed by atoms with van der Waals surface area (Å²) in [6.07, 6.45) is 0. The second-order valence-corrected chi connectivity index (χ2v) is 3.40. The van der Waals surface area contributed by atoms with Gasteiger partial charge in [0.05, 0.1) is 6.61 Å². The van der Waals surface area contributed by atoms with Crippen LogP contribution in [0.5, 0.6) is 0 Å². The van der Waals surface area contributed by atoms with E-state index in [0.29, 0.717) is 0 Å². The predicted octanol–water partition coefficient (Wildman–Crippen LogP) is 0.320. The summed E-state index contributed by atoms with van der Waals surface area (Å²) in [6.45, 7) is 5.17. The zero-order valence-corrected chi connectivity index (χ0v) is 6.47. The van der Waals surface area contributed by atoms with Gasteiger partial charge < -0.3 is 9.84 Å². The van der Waals surface area contributed by atoms with Crippen molar-refractivity contribution in [1.82, 2.24) is 0 Å². The highest BCUT2D eigenvalue weighted by atomic mass is 16.6. The van der Waals surface area contributed by atoms with E-state index in [4.69, 9.17) is 9.84 Å². The van der Waals surface area contributed by atoms with Crippen molar-refractivity contribution < 1.29 is 14.6 Å². The average Bonchev–Trinajstić information content (AvgIpc) is 1.88. The number of aliphatic hydroxyl groups is 1. The number of ether oxygens (including phenoxy) is 1. The zero-order valence-electron chi connectivity index (χ0n) is 6.47. The zero-order chi connectivity index (χ0) is 7.99. The van der Waals surface area contributed by atoms with E-state index >= 15 is 0 Å². The molecule has 3 nitrogen and oxygen atoms in total. The van der Waals surface area contributed by atoms with E-state index < -0.39 is 11.0 Å². The smallest absolute Gasteiger partial charge is 0.316 e. The molecular formula is C7H12O3. The lowest BCUT2D eigenvalue weighted by molar-refractivity contribution is -0.239. The summed E-state index contributed by atoms with van der Waals surface area (Å²) in [5.74, 6) is -0.232. The Hall–Kier alpha value is -0.570. The maximum absolute atomic E-state index is 10.8. The quantitative estimate of drug-likeness (QED) is 0.539. The van der Waals surface area contributed by atoms with Crippen LogP contribution in [0.1, 0.15) is 20.8 Å². The summed E-state index contributed by atoms with van der Waals surface area (Å²) < 4.78 is 4.80. The molecule has 1 aliphatic heterocycles. The van der Waals surface area contributed by atoms with Crippen LogP contribution >= 0.6 is 0 Å². The van der Waals surface area contributed by atoms with Crippen LogP contribution < -0.4 is 0 Å². The SMILES string of the molecule is CC1(CO)OC(=O)C1(C)C. The molecule has 0 amide bonds. The van der Waals surface area contributed by atoms with E-state index in [0.717, 1.165) is 0 Å². The van der Waals surface area contributed by atoms with Crippen molar-refractivity contribution in [3.05, 3.63) is 0 Å². The van der Waals surface area contributed by atoms with Crippen LogP contribution in [0.2, 0.25) is 0 Å². The molecule has 0 aromatic heterocycles. The molecule has 0 bridgehead atoms.